The summed E-state index contributed by atoms with van der Waals surface area (Å²) in [7, 11) is 1.96. The van der Waals surface area contributed by atoms with E-state index in [1.807, 2.05) is 20.0 Å². The molecule has 86 valence electrons. The van der Waals surface area contributed by atoms with Crippen LogP contribution in [0.5, 0.6) is 0 Å². The second-order valence-corrected chi connectivity index (χ2v) is 4.34. The van der Waals surface area contributed by atoms with E-state index in [0.717, 1.165) is 24.2 Å². The van der Waals surface area contributed by atoms with Crippen molar-refractivity contribution in [3.05, 3.63) is 23.5 Å². The number of carboxylic acid groups (broad SMARTS) is 1. The minimum Gasteiger partial charge on any atom is -0.478 e. The van der Waals surface area contributed by atoms with Crippen molar-refractivity contribution in [2.24, 2.45) is 0 Å². The number of pyridine rings is 1. The number of anilines is 1. The SMILES string of the molecule is Cc1cc(N(C)C2CCC2)c(C(=O)O)cn1. The lowest BCUT2D eigenvalue weighted by Gasteiger charge is -2.37. The highest BCUT2D eigenvalue weighted by Crippen LogP contribution is 2.30. The molecule has 0 atom stereocenters. The molecular formula is C12H16N2O2. The first-order valence-electron chi connectivity index (χ1n) is 5.52. The summed E-state index contributed by atoms with van der Waals surface area (Å²) in [5.41, 5.74) is 1.93. The van der Waals surface area contributed by atoms with Crippen molar-refractivity contribution in [3.63, 3.8) is 0 Å². The molecule has 0 bridgehead atoms. The number of hydrogen-bond donors (Lipinski definition) is 1. The zero-order valence-electron chi connectivity index (χ0n) is 9.60. The highest BCUT2D eigenvalue weighted by Gasteiger charge is 2.25. The third kappa shape index (κ3) is 1.87. The van der Waals surface area contributed by atoms with Crippen LogP contribution >= 0.6 is 0 Å². The second kappa shape index (κ2) is 4.12. The number of rotatable bonds is 3. The maximum atomic E-state index is 11.1. The van der Waals surface area contributed by atoms with Crippen molar-refractivity contribution in [3.8, 4) is 0 Å². The van der Waals surface area contributed by atoms with Crippen molar-refractivity contribution in [1.29, 1.82) is 0 Å². The van der Waals surface area contributed by atoms with Gasteiger partial charge in [0.25, 0.3) is 0 Å². The van der Waals surface area contributed by atoms with E-state index in [1.54, 1.807) is 0 Å². The van der Waals surface area contributed by atoms with Crippen LogP contribution in [0, 0.1) is 6.92 Å². The molecule has 0 spiro atoms. The summed E-state index contributed by atoms with van der Waals surface area (Å²) in [5.74, 6) is -0.909. The van der Waals surface area contributed by atoms with E-state index in [-0.39, 0.29) is 0 Å². The standard InChI is InChI=1S/C12H16N2O2/c1-8-6-11(10(7-13-8)12(15)16)14(2)9-4-3-5-9/h6-7,9H,3-5H2,1-2H3,(H,15,16). The topological polar surface area (TPSA) is 53.4 Å². The molecule has 1 saturated carbocycles. The molecule has 1 aliphatic rings. The van der Waals surface area contributed by atoms with Gasteiger partial charge in [-0.1, -0.05) is 0 Å². The molecule has 1 fully saturated rings. The molecule has 1 aromatic heterocycles. The Hall–Kier alpha value is -1.58. The predicted molar refractivity (Wildman–Crippen MR) is 62.0 cm³/mol. The van der Waals surface area contributed by atoms with Crippen molar-refractivity contribution >= 4 is 11.7 Å². The summed E-state index contributed by atoms with van der Waals surface area (Å²) >= 11 is 0. The normalized spacial score (nSPS) is 15.6. The van der Waals surface area contributed by atoms with Crippen LogP contribution in [0.4, 0.5) is 5.69 Å². The maximum absolute atomic E-state index is 11.1. The van der Waals surface area contributed by atoms with Gasteiger partial charge < -0.3 is 10.0 Å². The lowest BCUT2D eigenvalue weighted by atomic mass is 9.91. The van der Waals surface area contributed by atoms with Gasteiger partial charge in [0.15, 0.2) is 0 Å². The second-order valence-electron chi connectivity index (χ2n) is 4.34. The number of aromatic nitrogens is 1. The molecule has 4 heteroatoms. The number of hydrogen-bond acceptors (Lipinski definition) is 3. The fraction of sp³-hybridized carbons (Fsp3) is 0.500. The summed E-state index contributed by atoms with van der Waals surface area (Å²) in [6, 6.07) is 2.34. The van der Waals surface area contributed by atoms with E-state index >= 15 is 0 Å². The molecule has 1 N–H and O–H groups in total. The molecule has 0 aromatic carbocycles. The number of nitrogens with zero attached hydrogens (tertiary/aromatic N) is 2. The molecule has 1 aromatic rings. The Balaban J connectivity index is 2.36. The first-order chi connectivity index (χ1) is 7.59. The molecule has 0 aliphatic heterocycles. The van der Waals surface area contributed by atoms with E-state index in [0.29, 0.717) is 11.6 Å². The molecule has 4 nitrogen and oxygen atoms in total. The van der Waals surface area contributed by atoms with E-state index in [2.05, 4.69) is 9.88 Å². The van der Waals surface area contributed by atoms with Crippen LogP contribution in [0.25, 0.3) is 0 Å². The van der Waals surface area contributed by atoms with Crippen molar-refractivity contribution in [2.75, 3.05) is 11.9 Å². The molecule has 1 aliphatic carbocycles. The molecular weight excluding hydrogens is 204 g/mol. The number of carbonyl (C=O) groups is 1. The van der Waals surface area contributed by atoms with Gasteiger partial charge in [-0.05, 0) is 32.3 Å². The summed E-state index contributed by atoms with van der Waals surface area (Å²) in [6.45, 7) is 1.88. The molecule has 0 radical (unpaired) electrons. The Kier molecular flexibility index (Phi) is 2.81. The Morgan fingerprint density at radius 2 is 2.25 bits per heavy atom. The number of aryl methyl sites for hydroxylation is 1. The third-order valence-electron chi connectivity index (χ3n) is 3.25. The van der Waals surface area contributed by atoms with Gasteiger partial charge in [0, 0.05) is 25.0 Å². The number of aromatic carboxylic acids is 1. The fourth-order valence-electron chi connectivity index (χ4n) is 1.97. The van der Waals surface area contributed by atoms with Gasteiger partial charge in [0.2, 0.25) is 0 Å². The average molecular weight is 220 g/mol. The first kappa shape index (κ1) is 10.9. The minimum absolute atomic E-state index is 0.292. The maximum Gasteiger partial charge on any atom is 0.339 e. The molecule has 16 heavy (non-hydrogen) atoms. The smallest absolute Gasteiger partial charge is 0.339 e. The third-order valence-corrected chi connectivity index (χ3v) is 3.25. The molecule has 0 amide bonds. The molecule has 2 rings (SSSR count). The lowest BCUT2D eigenvalue weighted by Crippen LogP contribution is -2.38. The van der Waals surface area contributed by atoms with Crippen LogP contribution < -0.4 is 4.90 Å². The largest absolute Gasteiger partial charge is 0.478 e. The van der Waals surface area contributed by atoms with Crippen LogP contribution in [-0.2, 0) is 0 Å². The van der Waals surface area contributed by atoms with Gasteiger partial charge in [-0.25, -0.2) is 4.79 Å². The predicted octanol–water partition coefficient (Wildman–Crippen LogP) is 2.08. The molecule has 1 heterocycles. The van der Waals surface area contributed by atoms with Crippen molar-refractivity contribution in [2.45, 2.75) is 32.2 Å². The van der Waals surface area contributed by atoms with Gasteiger partial charge >= 0.3 is 5.97 Å². The molecule has 0 saturated heterocycles. The highest BCUT2D eigenvalue weighted by molar-refractivity contribution is 5.94. The Bertz CT molecular complexity index is 413. The van der Waals surface area contributed by atoms with Crippen LogP contribution in [0.3, 0.4) is 0 Å². The number of carboxylic acids is 1. The van der Waals surface area contributed by atoms with E-state index < -0.39 is 5.97 Å². The average Bonchev–Trinajstić information content (AvgIpc) is 2.14. The van der Waals surface area contributed by atoms with Gasteiger partial charge in [-0.3, -0.25) is 4.98 Å². The van der Waals surface area contributed by atoms with E-state index in [9.17, 15) is 4.79 Å². The minimum atomic E-state index is -0.909. The Morgan fingerprint density at radius 3 is 2.75 bits per heavy atom. The van der Waals surface area contributed by atoms with Crippen LogP contribution in [-0.4, -0.2) is 29.1 Å². The summed E-state index contributed by atoms with van der Waals surface area (Å²) in [6.07, 6.45) is 4.98. The zero-order valence-corrected chi connectivity index (χ0v) is 9.60. The fourth-order valence-corrected chi connectivity index (χ4v) is 1.97. The monoisotopic (exact) mass is 220 g/mol. The van der Waals surface area contributed by atoms with Crippen LogP contribution in [0.1, 0.15) is 35.3 Å². The van der Waals surface area contributed by atoms with Crippen LogP contribution in [0.15, 0.2) is 12.3 Å². The van der Waals surface area contributed by atoms with Crippen molar-refractivity contribution < 1.29 is 9.90 Å². The van der Waals surface area contributed by atoms with E-state index in [1.165, 1.54) is 12.6 Å². The van der Waals surface area contributed by atoms with E-state index in [4.69, 9.17) is 5.11 Å². The highest BCUT2D eigenvalue weighted by atomic mass is 16.4. The quantitative estimate of drug-likeness (QED) is 0.847. The van der Waals surface area contributed by atoms with Gasteiger partial charge in [0.05, 0.1) is 5.69 Å². The van der Waals surface area contributed by atoms with Crippen LogP contribution in [0.2, 0.25) is 0 Å². The zero-order chi connectivity index (χ0) is 11.7. The summed E-state index contributed by atoms with van der Waals surface area (Å²) in [5, 5.41) is 9.11. The lowest BCUT2D eigenvalue weighted by molar-refractivity contribution is 0.0697. The van der Waals surface area contributed by atoms with Gasteiger partial charge in [-0.2, -0.15) is 0 Å². The Morgan fingerprint density at radius 1 is 1.56 bits per heavy atom. The Labute approximate surface area is 94.9 Å². The first-order valence-corrected chi connectivity index (χ1v) is 5.52. The van der Waals surface area contributed by atoms with Gasteiger partial charge in [-0.15, -0.1) is 0 Å². The molecule has 0 unspecified atom stereocenters. The summed E-state index contributed by atoms with van der Waals surface area (Å²) in [4.78, 5) is 17.2. The van der Waals surface area contributed by atoms with Crippen molar-refractivity contribution in [1.82, 2.24) is 4.98 Å². The summed E-state index contributed by atoms with van der Waals surface area (Å²) < 4.78 is 0. The van der Waals surface area contributed by atoms with Gasteiger partial charge in [0.1, 0.15) is 5.56 Å².